The van der Waals surface area contributed by atoms with E-state index >= 15 is 0 Å². The maximum atomic E-state index is 12.3. The van der Waals surface area contributed by atoms with E-state index < -0.39 is 0 Å². The summed E-state index contributed by atoms with van der Waals surface area (Å²) in [6.45, 7) is 3.80. The second-order valence-corrected chi connectivity index (χ2v) is 5.09. The molecule has 0 heterocycles. The summed E-state index contributed by atoms with van der Waals surface area (Å²) in [5, 5.41) is 12.0. The molecule has 5 heteroatoms. The molecular weight excluding hydrogens is 242 g/mol. The first-order valence-electron chi connectivity index (χ1n) is 6.35. The highest BCUT2D eigenvalue weighted by molar-refractivity contribution is 6.00. The van der Waals surface area contributed by atoms with Crippen LogP contribution in [0.1, 0.15) is 24.2 Å². The highest BCUT2D eigenvalue weighted by Gasteiger charge is 2.18. The Morgan fingerprint density at radius 1 is 1.42 bits per heavy atom. The predicted octanol–water partition coefficient (Wildman–Crippen LogP) is 1.08. The first-order chi connectivity index (χ1) is 8.86. The van der Waals surface area contributed by atoms with Crippen LogP contribution < -0.4 is 16.0 Å². The second-order valence-electron chi connectivity index (χ2n) is 5.09. The largest absolute Gasteiger partial charge is 0.399 e. The van der Waals surface area contributed by atoms with E-state index in [1.54, 1.807) is 12.1 Å². The fraction of sp³-hybridized carbons (Fsp3) is 0.500. The van der Waals surface area contributed by atoms with Crippen LogP contribution in [-0.2, 0) is 0 Å². The maximum absolute atomic E-state index is 12.3. The zero-order valence-electron chi connectivity index (χ0n) is 12.0. The van der Waals surface area contributed by atoms with Gasteiger partial charge in [-0.3, -0.25) is 4.79 Å². The molecule has 1 amide bonds. The van der Waals surface area contributed by atoms with E-state index in [-0.39, 0.29) is 24.5 Å². The number of nitrogens with zero attached hydrogens (tertiary/aromatic N) is 1. The third-order valence-corrected chi connectivity index (χ3v) is 3.25. The molecule has 19 heavy (non-hydrogen) atoms. The van der Waals surface area contributed by atoms with Crippen LogP contribution in [0.4, 0.5) is 11.4 Å². The van der Waals surface area contributed by atoms with Crippen molar-refractivity contribution >= 4 is 17.3 Å². The molecule has 1 rings (SSSR count). The van der Waals surface area contributed by atoms with Crippen LogP contribution in [-0.4, -0.2) is 37.8 Å². The van der Waals surface area contributed by atoms with Crippen molar-refractivity contribution in [2.24, 2.45) is 5.92 Å². The van der Waals surface area contributed by atoms with Crippen LogP contribution in [0.15, 0.2) is 18.2 Å². The molecule has 0 aliphatic heterocycles. The number of carbonyl (C=O) groups is 1. The normalized spacial score (nSPS) is 13.7. The number of nitrogens with one attached hydrogen (secondary N) is 1. The Hall–Kier alpha value is -1.75. The summed E-state index contributed by atoms with van der Waals surface area (Å²) in [5.74, 6) is -0.170. The van der Waals surface area contributed by atoms with E-state index in [9.17, 15) is 4.79 Å². The lowest BCUT2D eigenvalue weighted by Gasteiger charge is -2.22. The van der Waals surface area contributed by atoms with Crippen molar-refractivity contribution in [3.8, 4) is 0 Å². The lowest BCUT2D eigenvalue weighted by Crippen LogP contribution is -2.38. The number of anilines is 2. The van der Waals surface area contributed by atoms with Gasteiger partial charge in [0.2, 0.25) is 0 Å². The minimum absolute atomic E-state index is 0.00724. The van der Waals surface area contributed by atoms with E-state index in [4.69, 9.17) is 10.8 Å². The Morgan fingerprint density at radius 3 is 2.58 bits per heavy atom. The van der Waals surface area contributed by atoms with Crippen molar-refractivity contribution in [1.29, 1.82) is 0 Å². The van der Waals surface area contributed by atoms with Gasteiger partial charge in [0.05, 0.1) is 5.56 Å². The Labute approximate surface area is 114 Å². The summed E-state index contributed by atoms with van der Waals surface area (Å²) >= 11 is 0. The van der Waals surface area contributed by atoms with Crippen LogP contribution >= 0.6 is 0 Å². The first-order valence-corrected chi connectivity index (χ1v) is 6.35. The number of hydrogen-bond acceptors (Lipinski definition) is 4. The van der Waals surface area contributed by atoms with Crippen LogP contribution in [0.3, 0.4) is 0 Å². The molecule has 0 saturated heterocycles. The average molecular weight is 265 g/mol. The van der Waals surface area contributed by atoms with Crippen molar-refractivity contribution in [2.45, 2.75) is 19.9 Å². The molecule has 4 N–H and O–H groups in total. The number of rotatable bonds is 5. The monoisotopic (exact) mass is 265 g/mol. The molecule has 0 bridgehead atoms. The quantitative estimate of drug-likeness (QED) is 0.696. The van der Waals surface area contributed by atoms with E-state index in [1.807, 2.05) is 38.9 Å². The predicted molar refractivity (Wildman–Crippen MR) is 78.4 cm³/mol. The Balaban J connectivity index is 2.96. The van der Waals surface area contributed by atoms with Gasteiger partial charge in [-0.15, -0.1) is 0 Å². The molecule has 0 fully saturated rings. The number of nitrogen functional groups attached to an aromatic ring is 1. The SMILES string of the molecule is CC(CO)C(C)NC(=O)c1cc(N)ccc1N(C)C. The van der Waals surface area contributed by atoms with Crippen LogP contribution in [0.25, 0.3) is 0 Å². The summed E-state index contributed by atoms with van der Waals surface area (Å²) in [6.07, 6.45) is 0. The third kappa shape index (κ3) is 3.86. The van der Waals surface area contributed by atoms with Gasteiger partial charge in [-0.05, 0) is 31.0 Å². The lowest BCUT2D eigenvalue weighted by molar-refractivity contribution is 0.0917. The molecule has 0 aliphatic rings. The Morgan fingerprint density at radius 2 is 2.05 bits per heavy atom. The van der Waals surface area contributed by atoms with Crippen molar-refractivity contribution in [3.63, 3.8) is 0 Å². The molecule has 5 nitrogen and oxygen atoms in total. The average Bonchev–Trinajstić information content (AvgIpc) is 2.36. The smallest absolute Gasteiger partial charge is 0.253 e. The van der Waals surface area contributed by atoms with E-state index in [0.29, 0.717) is 11.3 Å². The number of amides is 1. The van der Waals surface area contributed by atoms with Crippen LogP contribution in [0.2, 0.25) is 0 Å². The van der Waals surface area contributed by atoms with E-state index in [2.05, 4.69) is 5.32 Å². The molecular formula is C14H23N3O2. The maximum Gasteiger partial charge on any atom is 0.253 e. The number of hydrogen-bond donors (Lipinski definition) is 3. The fourth-order valence-corrected chi connectivity index (χ4v) is 1.71. The third-order valence-electron chi connectivity index (χ3n) is 3.25. The van der Waals surface area contributed by atoms with E-state index in [0.717, 1.165) is 5.69 Å². The molecule has 0 spiro atoms. The van der Waals surface area contributed by atoms with Crippen molar-refractivity contribution < 1.29 is 9.90 Å². The van der Waals surface area contributed by atoms with Crippen LogP contribution in [0.5, 0.6) is 0 Å². The summed E-state index contributed by atoms with van der Waals surface area (Å²) in [4.78, 5) is 14.1. The summed E-state index contributed by atoms with van der Waals surface area (Å²) in [6, 6.07) is 5.16. The number of aliphatic hydroxyl groups excluding tert-OH is 1. The summed E-state index contributed by atoms with van der Waals surface area (Å²) < 4.78 is 0. The first kappa shape index (κ1) is 15.3. The zero-order chi connectivity index (χ0) is 14.6. The molecule has 2 atom stereocenters. The number of aliphatic hydroxyl groups is 1. The van der Waals surface area contributed by atoms with Crippen LogP contribution in [0, 0.1) is 5.92 Å². The van der Waals surface area contributed by atoms with Gasteiger partial charge in [0.15, 0.2) is 0 Å². The topological polar surface area (TPSA) is 78.6 Å². The summed E-state index contributed by atoms with van der Waals surface area (Å²) in [7, 11) is 3.75. The lowest BCUT2D eigenvalue weighted by atomic mass is 10.0. The Kier molecular flexibility index (Phi) is 5.18. The van der Waals surface area contributed by atoms with Crippen molar-refractivity contribution in [2.75, 3.05) is 31.3 Å². The number of benzene rings is 1. The van der Waals surface area contributed by atoms with Gasteiger partial charge in [-0.25, -0.2) is 0 Å². The summed E-state index contributed by atoms with van der Waals surface area (Å²) in [5.41, 5.74) is 7.66. The van der Waals surface area contributed by atoms with E-state index in [1.165, 1.54) is 0 Å². The molecule has 2 unspecified atom stereocenters. The molecule has 106 valence electrons. The van der Waals surface area contributed by atoms with Gasteiger partial charge in [-0.2, -0.15) is 0 Å². The molecule has 0 aromatic heterocycles. The van der Waals surface area contributed by atoms with Gasteiger partial charge in [0.25, 0.3) is 5.91 Å². The molecule has 1 aromatic rings. The molecule has 0 aliphatic carbocycles. The zero-order valence-corrected chi connectivity index (χ0v) is 12.0. The fourth-order valence-electron chi connectivity index (χ4n) is 1.71. The highest BCUT2D eigenvalue weighted by atomic mass is 16.3. The van der Waals surface area contributed by atoms with Gasteiger partial charge < -0.3 is 21.1 Å². The highest BCUT2D eigenvalue weighted by Crippen LogP contribution is 2.21. The van der Waals surface area contributed by atoms with Gasteiger partial charge in [0.1, 0.15) is 0 Å². The van der Waals surface area contributed by atoms with Crippen molar-refractivity contribution in [1.82, 2.24) is 5.32 Å². The van der Waals surface area contributed by atoms with Crippen molar-refractivity contribution in [3.05, 3.63) is 23.8 Å². The molecule has 0 radical (unpaired) electrons. The van der Waals surface area contributed by atoms with Gasteiger partial charge >= 0.3 is 0 Å². The number of nitrogens with two attached hydrogens (primary N) is 1. The molecule has 1 aromatic carbocycles. The molecule has 0 saturated carbocycles. The minimum Gasteiger partial charge on any atom is -0.399 e. The second kappa shape index (κ2) is 6.43. The van der Waals surface area contributed by atoms with Gasteiger partial charge in [-0.1, -0.05) is 6.92 Å². The number of carbonyl (C=O) groups excluding carboxylic acids is 1. The van der Waals surface area contributed by atoms with Gasteiger partial charge in [0, 0.05) is 38.1 Å². The minimum atomic E-state index is -0.177. The Bertz CT molecular complexity index is 446. The standard InChI is InChI=1S/C14H23N3O2/c1-9(8-18)10(2)16-14(19)12-7-11(15)5-6-13(12)17(3)4/h5-7,9-10,18H,8,15H2,1-4H3,(H,16,19).